The molecule has 1 N–H and O–H groups in total. The number of anilines is 1. The number of amides is 3. The van der Waals surface area contributed by atoms with Crippen LogP contribution in [0.15, 0.2) is 118 Å². The molecule has 3 amide bonds. The Hall–Kier alpha value is -2.96. The number of aliphatic imine (C=N–C) groups is 1. The van der Waals surface area contributed by atoms with E-state index in [1.54, 1.807) is 38.3 Å². The fourth-order valence-corrected chi connectivity index (χ4v) is 12.7. The average Bonchev–Trinajstić information content (AvgIpc) is 3.89. The number of fused-ring (bicyclic) bond motifs is 4. The molecule has 418 valence electrons. The van der Waals surface area contributed by atoms with Gasteiger partial charge in [-0.25, -0.2) is 38.2 Å². The first-order valence-corrected chi connectivity index (χ1v) is 31.2. The van der Waals surface area contributed by atoms with Gasteiger partial charge in [-0.1, -0.05) is 67.9 Å². The van der Waals surface area contributed by atoms with Crippen molar-refractivity contribution in [1.82, 2.24) is 10.2 Å². The standard InChI is InChI=1S/C53H60ClN5O15S4.3Na/c1-52(2)42-31-38(54)34-57(25-7-9-28-75(63,64)65)51(42)56-45(52)20-16-36(37-14-11-13-35(30-37)12-5-6-15-47(60)55-24-27-59-48(61)22-23-49(59)62)17-21-46-53(3,4)50-41-32-39(77(69,70)71)33-44(78(72,73)74)40(41)18-19-43(50)58(46)26-8-10-29-76(66,67)68;;;/h11,13-14,16-23,30-34H,5-10,12,15,24-29H2,1-4H3,(H4-,55,60,63,64,65,66,67,68,69,70,71,72,73,74);;;/q;3*+1/p-3. The number of pyridine rings is 1. The van der Waals surface area contributed by atoms with Gasteiger partial charge in [-0.2, -0.15) is 0 Å². The number of halogens is 1. The number of aryl methyl sites for hydroxylation is 2. The third kappa shape index (κ3) is 17.8. The molecule has 3 aromatic carbocycles. The number of allylic oxidation sites excluding steroid dienone is 6. The normalized spacial score (nSPS) is 16.3. The number of aromatic nitrogens is 1. The number of benzene rings is 3. The molecule has 1 aromatic heterocycles. The van der Waals surface area contributed by atoms with E-state index in [0.29, 0.717) is 77.4 Å². The number of imide groups is 1. The van der Waals surface area contributed by atoms with Gasteiger partial charge in [0.2, 0.25) is 5.91 Å². The molecule has 4 aromatic rings. The van der Waals surface area contributed by atoms with Crippen LogP contribution in [0.3, 0.4) is 0 Å². The van der Waals surface area contributed by atoms with Crippen LogP contribution in [0.25, 0.3) is 16.3 Å². The van der Waals surface area contributed by atoms with E-state index in [0.717, 1.165) is 27.7 Å². The SMILES string of the molecule is CC1(C)C(/C=C/C(=C/C=C2\N(CCCCS(=O)(=O)[O-])c3ccc4c(S(=O)(=O)[O-])cc(S(=O)(=O)[O-])cc4c3C2(C)C)c2cccc(CCCCC(=O)NCCN3C(=O)C=CC3=O)c2)=Nc2c1cc(Cl)c[n+]2CCCCS(=O)(=O)[O-].[Na+].[Na+].[Na+]. The van der Waals surface area contributed by atoms with Crippen molar-refractivity contribution in [1.29, 1.82) is 0 Å². The molecule has 0 unspecified atom stereocenters. The second-order valence-electron chi connectivity index (χ2n) is 20.2. The van der Waals surface area contributed by atoms with Crippen molar-refractivity contribution >= 4 is 103 Å². The van der Waals surface area contributed by atoms with Crippen LogP contribution in [0.1, 0.15) is 94.9 Å². The Bertz CT molecular complexity index is 3720. The smallest absolute Gasteiger partial charge is 0.748 e. The van der Waals surface area contributed by atoms with Gasteiger partial charge in [0.1, 0.15) is 26.4 Å². The molecular formula is C53H57ClN5Na3O15S4. The molecule has 28 heteroatoms. The van der Waals surface area contributed by atoms with Crippen LogP contribution in [0, 0.1) is 0 Å². The van der Waals surface area contributed by atoms with E-state index in [1.165, 1.54) is 18.2 Å². The zero-order valence-electron chi connectivity index (χ0n) is 46.1. The summed E-state index contributed by atoms with van der Waals surface area (Å²) >= 11 is 6.62. The number of carbonyl (C=O) groups is 3. The molecule has 4 heterocycles. The number of hydrogen-bond donors (Lipinski definition) is 1. The molecule has 3 aliphatic heterocycles. The quantitative estimate of drug-likeness (QED) is 0.0179. The third-order valence-corrected chi connectivity index (χ3v) is 17.4. The zero-order valence-corrected chi connectivity index (χ0v) is 56.1. The molecule has 0 bridgehead atoms. The van der Waals surface area contributed by atoms with Gasteiger partial charge in [-0.05, 0) is 133 Å². The van der Waals surface area contributed by atoms with Gasteiger partial charge in [0, 0.05) is 66.5 Å². The summed E-state index contributed by atoms with van der Waals surface area (Å²) in [6, 6.07) is 14.0. The van der Waals surface area contributed by atoms with E-state index in [1.807, 2.05) is 65.8 Å². The Morgan fingerprint density at radius 2 is 1.40 bits per heavy atom. The van der Waals surface area contributed by atoms with Gasteiger partial charge in [0.15, 0.2) is 5.71 Å². The minimum Gasteiger partial charge on any atom is -0.748 e. The van der Waals surface area contributed by atoms with Gasteiger partial charge >= 0.3 is 94.5 Å². The number of rotatable bonds is 24. The molecule has 3 aliphatic rings. The second kappa shape index (κ2) is 28.5. The molecule has 81 heavy (non-hydrogen) atoms. The molecule has 0 saturated heterocycles. The Morgan fingerprint density at radius 3 is 2.02 bits per heavy atom. The van der Waals surface area contributed by atoms with Gasteiger partial charge in [-0.3, -0.25) is 19.3 Å². The first-order valence-electron chi connectivity index (χ1n) is 24.9. The van der Waals surface area contributed by atoms with Gasteiger partial charge in [0.05, 0.1) is 52.6 Å². The Kier molecular flexibility index (Phi) is 24.8. The molecule has 7 rings (SSSR count). The van der Waals surface area contributed by atoms with Gasteiger partial charge in [0.25, 0.3) is 11.8 Å². The van der Waals surface area contributed by atoms with Crippen molar-refractivity contribution in [2.75, 3.05) is 36.0 Å². The van der Waals surface area contributed by atoms with Crippen molar-refractivity contribution in [3.8, 4) is 0 Å². The third-order valence-electron chi connectivity index (χ3n) is 13.9. The molecule has 20 nitrogen and oxygen atoms in total. The Labute approximate surface area is 544 Å². The van der Waals surface area contributed by atoms with Crippen LogP contribution in [0.5, 0.6) is 0 Å². The number of hydrogen-bond acceptors (Lipinski definition) is 17. The van der Waals surface area contributed by atoms with E-state index in [4.69, 9.17) is 16.6 Å². The summed E-state index contributed by atoms with van der Waals surface area (Å²) < 4.78 is 146. The summed E-state index contributed by atoms with van der Waals surface area (Å²) in [4.78, 5) is 42.5. The maximum Gasteiger partial charge on any atom is 1.00 e. The maximum atomic E-state index is 12.7. The van der Waals surface area contributed by atoms with Crippen molar-refractivity contribution in [2.24, 2.45) is 4.99 Å². The Balaban J connectivity index is 0.00000470. The molecule has 0 atom stereocenters. The largest absolute Gasteiger partial charge is 1.00 e. The van der Waals surface area contributed by atoms with Gasteiger partial charge < -0.3 is 28.4 Å². The van der Waals surface area contributed by atoms with E-state index in [2.05, 4.69) is 5.32 Å². The number of unbranched alkanes of at least 4 members (excludes halogenated alkanes) is 3. The fraction of sp³-hybridized carbons (Fsp3) is 0.377. The van der Waals surface area contributed by atoms with Crippen molar-refractivity contribution in [3.63, 3.8) is 0 Å². The van der Waals surface area contributed by atoms with Crippen molar-refractivity contribution in [2.45, 2.75) is 106 Å². The van der Waals surface area contributed by atoms with Crippen LogP contribution in [0.2, 0.25) is 5.02 Å². The van der Waals surface area contributed by atoms with Crippen LogP contribution in [0.4, 0.5) is 11.5 Å². The van der Waals surface area contributed by atoms with Crippen LogP contribution < -0.4 is 103 Å². The molecular weight excluding hydrogens is 1180 g/mol. The molecule has 0 aliphatic carbocycles. The zero-order chi connectivity index (χ0) is 57.2. The summed E-state index contributed by atoms with van der Waals surface area (Å²) in [6.07, 6.45) is 13.9. The number of nitrogens with zero attached hydrogens (tertiary/aromatic N) is 4. The van der Waals surface area contributed by atoms with Crippen LogP contribution >= 0.6 is 11.6 Å². The fourth-order valence-electron chi connectivity index (χ4n) is 9.99. The molecule has 0 radical (unpaired) electrons. The first-order chi connectivity index (χ1) is 36.3. The van der Waals surface area contributed by atoms with Gasteiger partial charge in [-0.15, -0.1) is 0 Å². The predicted molar refractivity (Wildman–Crippen MR) is 288 cm³/mol. The number of carbonyl (C=O) groups excluding carboxylic acids is 3. The summed E-state index contributed by atoms with van der Waals surface area (Å²) in [5.74, 6) is -1.68. The van der Waals surface area contributed by atoms with E-state index in [9.17, 15) is 66.3 Å². The van der Waals surface area contributed by atoms with E-state index >= 15 is 0 Å². The van der Waals surface area contributed by atoms with Crippen LogP contribution in [-0.4, -0.2) is 111 Å². The van der Waals surface area contributed by atoms with Crippen LogP contribution in [-0.2, 0) is 78.7 Å². The summed E-state index contributed by atoms with van der Waals surface area (Å²) in [5, 5.41) is 3.05. The minimum absolute atomic E-state index is 0. The van der Waals surface area contributed by atoms with Crippen molar-refractivity contribution in [3.05, 3.63) is 130 Å². The van der Waals surface area contributed by atoms with E-state index < -0.39 is 84.4 Å². The summed E-state index contributed by atoms with van der Waals surface area (Å²) in [7, 11) is -19.6. The molecule has 0 spiro atoms. The monoisotopic (exact) mass is 1240 g/mol. The molecule has 0 saturated carbocycles. The minimum atomic E-state index is -5.33. The molecule has 0 fully saturated rings. The predicted octanol–water partition coefficient (Wildman–Crippen LogP) is -3.31. The maximum absolute atomic E-state index is 12.7. The topological polar surface area (TPSA) is 315 Å². The Morgan fingerprint density at radius 1 is 0.741 bits per heavy atom. The summed E-state index contributed by atoms with van der Waals surface area (Å²) in [6.45, 7) is 8.12. The second-order valence-corrected chi connectivity index (χ2v) is 26.4. The number of nitrogens with one attached hydrogen (secondary N) is 1. The van der Waals surface area contributed by atoms with Crippen molar-refractivity contribution < 1.29 is 160 Å². The summed E-state index contributed by atoms with van der Waals surface area (Å²) in [5.41, 5.74) is 3.23. The average molecular weight is 1240 g/mol. The first kappa shape index (κ1) is 70.5. The van der Waals surface area contributed by atoms with E-state index in [-0.39, 0.29) is 151 Å².